The molecule has 98 valence electrons. The molecule has 2 aromatic rings. The van der Waals surface area contributed by atoms with Crippen molar-refractivity contribution in [3.05, 3.63) is 30.0 Å². The van der Waals surface area contributed by atoms with E-state index < -0.39 is 0 Å². The van der Waals surface area contributed by atoms with E-state index in [1.807, 2.05) is 13.1 Å². The molecule has 1 aromatic heterocycles. The summed E-state index contributed by atoms with van der Waals surface area (Å²) in [5.74, 6) is 0.908. The van der Waals surface area contributed by atoms with E-state index in [4.69, 9.17) is 4.74 Å². The fourth-order valence-corrected chi connectivity index (χ4v) is 2.31. The van der Waals surface area contributed by atoms with Crippen LogP contribution in [0.25, 0.3) is 10.9 Å². The number of hydrogen-bond donors (Lipinski definition) is 1. The Hall–Kier alpha value is -1.48. The minimum Gasteiger partial charge on any atom is -0.497 e. The average molecular weight is 246 g/mol. The summed E-state index contributed by atoms with van der Waals surface area (Å²) in [5, 5.41) is 4.61. The van der Waals surface area contributed by atoms with E-state index in [1.54, 1.807) is 7.11 Å². The molecule has 1 heterocycles. The van der Waals surface area contributed by atoms with Gasteiger partial charge >= 0.3 is 0 Å². The number of aromatic nitrogens is 1. The lowest BCUT2D eigenvalue weighted by molar-refractivity contribution is 0.415. The fourth-order valence-electron chi connectivity index (χ4n) is 2.31. The first-order valence-corrected chi connectivity index (χ1v) is 6.44. The van der Waals surface area contributed by atoms with Crippen LogP contribution in [0.15, 0.2) is 24.4 Å². The molecule has 3 heteroatoms. The molecule has 3 nitrogen and oxygen atoms in total. The molecule has 0 amide bonds. The van der Waals surface area contributed by atoms with E-state index in [2.05, 4.69) is 49.0 Å². The van der Waals surface area contributed by atoms with Gasteiger partial charge in [-0.1, -0.05) is 0 Å². The van der Waals surface area contributed by atoms with Crippen LogP contribution in [-0.4, -0.2) is 18.7 Å². The molecule has 0 bridgehead atoms. The summed E-state index contributed by atoms with van der Waals surface area (Å²) in [4.78, 5) is 0. The van der Waals surface area contributed by atoms with E-state index in [-0.39, 0.29) is 0 Å². The summed E-state index contributed by atoms with van der Waals surface area (Å²) in [5.41, 5.74) is 2.57. The standard InChI is InChI=1S/C15H22N2O/c1-10(2)17-9-14(11(3)16-4)13-7-6-12(18-5)8-15(13)17/h6-11,16H,1-5H3. The predicted octanol–water partition coefficient (Wildman–Crippen LogP) is 3.51. The van der Waals surface area contributed by atoms with Crippen LogP contribution < -0.4 is 10.1 Å². The highest BCUT2D eigenvalue weighted by atomic mass is 16.5. The van der Waals surface area contributed by atoms with Gasteiger partial charge in [0.25, 0.3) is 0 Å². The van der Waals surface area contributed by atoms with Crippen LogP contribution in [0.2, 0.25) is 0 Å². The number of nitrogens with zero attached hydrogens (tertiary/aromatic N) is 1. The number of benzene rings is 1. The van der Waals surface area contributed by atoms with Gasteiger partial charge < -0.3 is 14.6 Å². The molecule has 0 spiro atoms. The highest BCUT2D eigenvalue weighted by Crippen LogP contribution is 2.31. The highest BCUT2D eigenvalue weighted by Gasteiger charge is 2.14. The van der Waals surface area contributed by atoms with E-state index in [9.17, 15) is 0 Å². The van der Waals surface area contributed by atoms with E-state index >= 15 is 0 Å². The van der Waals surface area contributed by atoms with Gasteiger partial charge in [0.15, 0.2) is 0 Å². The second-order valence-corrected chi connectivity index (χ2v) is 4.98. The first-order chi connectivity index (χ1) is 8.58. The average Bonchev–Trinajstić information content (AvgIpc) is 2.76. The van der Waals surface area contributed by atoms with Crippen LogP contribution in [0.5, 0.6) is 5.75 Å². The van der Waals surface area contributed by atoms with Crippen molar-refractivity contribution < 1.29 is 4.74 Å². The molecular formula is C15H22N2O. The molecule has 0 aliphatic carbocycles. The second kappa shape index (κ2) is 5.02. The first kappa shape index (κ1) is 13.0. The molecule has 1 atom stereocenters. The minimum atomic E-state index is 0.348. The summed E-state index contributed by atoms with van der Waals surface area (Å²) < 4.78 is 7.63. The van der Waals surface area contributed by atoms with Crippen molar-refractivity contribution in [2.24, 2.45) is 0 Å². The third-order valence-corrected chi connectivity index (χ3v) is 3.53. The summed E-state index contributed by atoms with van der Waals surface area (Å²) in [7, 11) is 3.70. The van der Waals surface area contributed by atoms with Gasteiger partial charge in [-0.2, -0.15) is 0 Å². The lowest BCUT2D eigenvalue weighted by atomic mass is 10.1. The topological polar surface area (TPSA) is 26.2 Å². The second-order valence-electron chi connectivity index (χ2n) is 4.98. The Balaban J connectivity index is 2.67. The van der Waals surface area contributed by atoms with Crippen molar-refractivity contribution in [2.45, 2.75) is 32.9 Å². The summed E-state index contributed by atoms with van der Waals surface area (Å²) in [6.07, 6.45) is 2.25. The lowest BCUT2D eigenvalue weighted by Crippen LogP contribution is -2.11. The Labute approximate surface area is 109 Å². The zero-order chi connectivity index (χ0) is 13.3. The number of fused-ring (bicyclic) bond motifs is 1. The van der Waals surface area contributed by atoms with Crippen LogP contribution in [-0.2, 0) is 0 Å². The maximum Gasteiger partial charge on any atom is 0.120 e. The normalized spacial score (nSPS) is 13.2. The molecular weight excluding hydrogens is 224 g/mol. The van der Waals surface area contributed by atoms with Gasteiger partial charge in [-0.15, -0.1) is 0 Å². The molecule has 0 saturated heterocycles. The number of ether oxygens (including phenoxy) is 1. The summed E-state index contributed by atoms with van der Waals surface area (Å²) in [6.45, 7) is 6.59. The molecule has 2 rings (SSSR count). The Kier molecular flexibility index (Phi) is 3.62. The number of nitrogens with one attached hydrogen (secondary N) is 1. The van der Waals surface area contributed by atoms with Gasteiger partial charge in [0.2, 0.25) is 0 Å². The van der Waals surface area contributed by atoms with Crippen molar-refractivity contribution in [3.63, 3.8) is 0 Å². The van der Waals surface area contributed by atoms with Crippen molar-refractivity contribution in [2.75, 3.05) is 14.2 Å². The van der Waals surface area contributed by atoms with Gasteiger partial charge in [-0.25, -0.2) is 0 Å². The van der Waals surface area contributed by atoms with Crippen molar-refractivity contribution in [1.29, 1.82) is 0 Å². The quantitative estimate of drug-likeness (QED) is 0.893. The molecule has 1 unspecified atom stereocenters. The van der Waals surface area contributed by atoms with Gasteiger partial charge in [-0.05, 0) is 45.5 Å². The van der Waals surface area contributed by atoms with Crippen molar-refractivity contribution >= 4 is 10.9 Å². The SMILES string of the molecule is CNC(C)c1cn(C(C)C)c2cc(OC)ccc12. The molecule has 0 aliphatic rings. The van der Waals surface area contributed by atoms with Gasteiger partial charge in [0.1, 0.15) is 5.75 Å². The molecule has 0 aliphatic heterocycles. The molecule has 1 aromatic carbocycles. The van der Waals surface area contributed by atoms with E-state index in [0.717, 1.165) is 5.75 Å². The largest absolute Gasteiger partial charge is 0.497 e. The minimum absolute atomic E-state index is 0.348. The van der Waals surface area contributed by atoms with E-state index in [1.165, 1.54) is 16.5 Å². The van der Waals surface area contributed by atoms with Crippen LogP contribution in [0.3, 0.4) is 0 Å². The van der Waals surface area contributed by atoms with Gasteiger partial charge in [0, 0.05) is 29.7 Å². The summed E-state index contributed by atoms with van der Waals surface area (Å²) >= 11 is 0. The van der Waals surface area contributed by atoms with Crippen LogP contribution in [0.1, 0.15) is 38.4 Å². The third kappa shape index (κ3) is 2.10. The first-order valence-electron chi connectivity index (χ1n) is 6.44. The fraction of sp³-hybridized carbons (Fsp3) is 0.467. The number of methoxy groups -OCH3 is 1. The molecule has 0 fully saturated rings. The van der Waals surface area contributed by atoms with Crippen LogP contribution in [0.4, 0.5) is 0 Å². The maximum absolute atomic E-state index is 5.32. The Morgan fingerprint density at radius 3 is 2.50 bits per heavy atom. The highest BCUT2D eigenvalue weighted by molar-refractivity contribution is 5.86. The van der Waals surface area contributed by atoms with Crippen LogP contribution >= 0.6 is 0 Å². The van der Waals surface area contributed by atoms with Crippen molar-refractivity contribution in [1.82, 2.24) is 9.88 Å². The predicted molar refractivity (Wildman–Crippen MR) is 76.3 cm³/mol. The summed E-state index contributed by atoms with van der Waals surface area (Å²) in [6, 6.07) is 7.08. The maximum atomic E-state index is 5.32. The number of rotatable bonds is 4. The third-order valence-electron chi connectivity index (χ3n) is 3.53. The Morgan fingerprint density at radius 1 is 1.22 bits per heavy atom. The molecule has 0 saturated carbocycles. The van der Waals surface area contributed by atoms with Crippen molar-refractivity contribution in [3.8, 4) is 5.75 Å². The molecule has 1 N–H and O–H groups in total. The zero-order valence-corrected chi connectivity index (χ0v) is 11.8. The smallest absolute Gasteiger partial charge is 0.120 e. The molecule has 0 radical (unpaired) electrons. The lowest BCUT2D eigenvalue weighted by Gasteiger charge is -2.09. The van der Waals surface area contributed by atoms with E-state index in [0.29, 0.717) is 12.1 Å². The zero-order valence-electron chi connectivity index (χ0n) is 11.8. The monoisotopic (exact) mass is 246 g/mol. The molecule has 18 heavy (non-hydrogen) atoms. The Morgan fingerprint density at radius 2 is 1.94 bits per heavy atom. The van der Waals surface area contributed by atoms with Gasteiger partial charge in [0.05, 0.1) is 12.6 Å². The van der Waals surface area contributed by atoms with Gasteiger partial charge in [-0.3, -0.25) is 0 Å². The number of hydrogen-bond acceptors (Lipinski definition) is 2. The van der Waals surface area contributed by atoms with Crippen LogP contribution in [0, 0.1) is 0 Å². The Bertz CT molecular complexity index is 543.